The third kappa shape index (κ3) is 1.97. The van der Waals surface area contributed by atoms with Gasteiger partial charge in [-0.2, -0.15) is 0 Å². The molecule has 0 aliphatic rings. The van der Waals surface area contributed by atoms with E-state index >= 15 is 0 Å². The summed E-state index contributed by atoms with van der Waals surface area (Å²) >= 11 is 0. The van der Waals surface area contributed by atoms with Gasteiger partial charge in [-0.05, 0) is 0 Å². The molecule has 0 atom stereocenters. The second-order valence-corrected chi connectivity index (χ2v) is 2.16. The first-order valence-electron chi connectivity index (χ1n) is 2.68. The Labute approximate surface area is 72.5 Å². The topological polar surface area (TPSA) is 8.81 Å². The largest absolute Gasteiger partial charge is 1.00 e. The first-order chi connectivity index (χ1) is 3.70. The summed E-state index contributed by atoms with van der Waals surface area (Å²) in [6.45, 7) is 2.08. The number of halogens is 1. The fraction of sp³-hybridized carbons (Fsp3) is 0.500. The molecule has 1 rings (SSSR count). The minimum absolute atomic E-state index is 0. The van der Waals surface area contributed by atoms with Crippen LogP contribution in [0.1, 0.15) is 5.69 Å². The van der Waals surface area contributed by atoms with Gasteiger partial charge in [0.15, 0.2) is 0 Å². The normalized spacial score (nSPS) is 8.78. The van der Waals surface area contributed by atoms with Gasteiger partial charge in [0.2, 0.25) is 6.33 Å². The molecule has 1 heterocycles. The second kappa shape index (κ2) is 3.20. The molecule has 3 heteroatoms. The van der Waals surface area contributed by atoms with Gasteiger partial charge in [-0.15, -0.1) is 0 Å². The molecule has 0 bridgehead atoms. The van der Waals surface area contributed by atoms with Crippen molar-refractivity contribution in [1.29, 1.82) is 0 Å². The van der Waals surface area contributed by atoms with E-state index in [2.05, 4.69) is 17.7 Å². The van der Waals surface area contributed by atoms with Crippen molar-refractivity contribution in [2.75, 3.05) is 0 Å². The first kappa shape index (κ1) is 8.94. The highest BCUT2D eigenvalue weighted by molar-refractivity contribution is 4.86. The SMILES string of the molecule is Cc1c[n+](C)cn1C.[I-]. The lowest BCUT2D eigenvalue weighted by Crippen LogP contribution is -3.00. The summed E-state index contributed by atoms with van der Waals surface area (Å²) in [6, 6.07) is 0. The van der Waals surface area contributed by atoms with E-state index in [9.17, 15) is 0 Å². The highest BCUT2D eigenvalue weighted by Gasteiger charge is 1.98. The van der Waals surface area contributed by atoms with E-state index in [0.29, 0.717) is 0 Å². The standard InChI is InChI=1S/C6H11N2.HI/c1-6-4-7(2)5-8(6)3;/h4-5H,1-3H3;1H/q+1;/p-1. The summed E-state index contributed by atoms with van der Waals surface area (Å²) in [5.41, 5.74) is 1.28. The van der Waals surface area contributed by atoms with Crippen LogP contribution in [0.5, 0.6) is 0 Å². The highest BCUT2D eigenvalue weighted by atomic mass is 127. The average Bonchev–Trinajstić information content (AvgIpc) is 1.85. The second-order valence-electron chi connectivity index (χ2n) is 2.16. The summed E-state index contributed by atoms with van der Waals surface area (Å²) in [6.07, 6.45) is 4.12. The van der Waals surface area contributed by atoms with Gasteiger partial charge in [0.05, 0.1) is 14.1 Å². The first-order valence-corrected chi connectivity index (χ1v) is 2.68. The molecule has 0 fully saturated rings. The molecule has 52 valence electrons. The Kier molecular flexibility index (Phi) is 3.17. The van der Waals surface area contributed by atoms with E-state index in [-0.39, 0.29) is 24.0 Å². The smallest absolute Gasteiger partial charge is 0.243 e. The molecule has 1 aromatic rings. The van der Waals surface area contributed by atoms with Gasteiger partial charge in [0.1, 0.15) is 11.9 Å². The Morgan fingerprint density at radius 3 is 2.22 bits per heavy atom. The molecule has 2 nitrogen and oxygen atoms in total. The maximum atomic E-state index is 2.08. The average molecular weight is 238 g/mol. The third-order valence-corrected chi connectivity index (χ3v) is 1.30. The molecule has 0 aliphatic carbocycles. The van der Waals surface area contributed by atoms with Crippen LogP contribution in [-0.4, -0.2) is 4.57 Å². The van der Waals surface area contributed by atoms with Crippen molar-refractivity contribution >= 4 is 0 Å². The summed E-state index contributed by atoms with van der Waals surface area (Å²) in [4.78, 5) is 0. The Morgan fingerprint density at radius 2 is 2.11 bits per heavy atom. The lowest BCUT2D eigenvalue weighted by molar-refractivity contribution is -0.671. The monoisotopic (exact) mass is 238 g/mol. The number of imidazole rings is 1. The van der Waals surface area contributed by atoms with Crippen molar-refractivity contribution in [3.05, 3.63) is 18.2 Å². The number of rotatable bonds is 0. The van der Waals surface area contributed by atoms with Crippen LogP contribution in [0.3, 0.4) is 0 Å². The van der Waals surface area contributed by atoms with Crippen LogP contribution in [0.4, 0.5) is 0 Å². The minimum atomic E-state index is 0. The minimum Gasteiger partial charge on any atom is -1.00 e. The number of aromatic nitrogens is 2. The van der Waals surface area contributed by atoms with E-state index < -0.39 is 0 Å². The Hall–Kier alpha value is -0.0600. The lowest BCUT2D eigenvalue weighted by atomic mass is 10.5. The van der Waals surface area contributed by atoms with Crippen molar-refractivity contribution in [1.82, 2.24) is 4.57 Å². The molecule has 0 spiro atoms. The van der Waals surface area contributed by atoms with Crippen LogP contribution in [0.25, 0.3) is 0 Å². The van der Waals surface area contributed by atoms with Gasteiger partial charge >= 0.3 is 0 Å². The number of aryl methyl sites for hydroxylation is 3. The molecule has 0 saturated carbocycles. The quantitative estimate of drug-likeness (QED) is 0.340. The fourth-order valence-electron chi connectivity index (χ4n) is 0.783. The maximum absolute atomic E-state index is 2.08. The van der Waals surface area contributed by atoms with E-state index in [1.165, 1.54) is 5.69 Å². The molecule has 1 aromatic heterocycles. The van der Waals surface area contributed by atoms with Crippen LogP contribution < -0.4 is 28.5 Å². The molecule has 0 aliphatic heterocycles. The van der Waals surface area contributed by atoms with Gasteiger partial charge in [0.25, 0.3) is 0 Å². The van der Waals surface area contributed by atoms with Crippen LogP contribution in [0.15, 0.2) is 12.5 Å². The van der Waals surface area contributed by atoms with Crippen LogP contribution in [-0.2, 0) is 14.1 Å². The summed E-state index contributed by atoms with van der Waals surface area (Å²) < 4.78 is 4.12. The molecule has 0 aromatic carbocycles. The van der Waals surface area contributed by atoms with E-state index in [4.69, 9.17) is 0 Å². The van der Waals surface area contributed by atoms with Crippen molar-refractivity contribution in [3.8, 4) is 0 Å². The summed E-state index contributed by atoms with van der Waals surface area (Å²) in [7, 11) is 4.06. The Morgan fingerprint density at radius 1 is 1.56 bits per heavy atom. The van der Waals surface area contributed by atoms with Gasteiger partial charge in [-0.3, -0.25) is 0 Å². The highest BCUT2D eigenvalue weighted by Crippen LogP contribution is 1.87. The number of hydrogen-bond donors (Lipinski definition) is 0. The predicted octanol–water partition coefficient (Wildman–Crippen LogP) is -2.84. The molecule has 0 N–H and O–H groups in total. The van der Waals surface area contributed by atoms with Crippen LogP contribution in [0, 0.1) is 6.92 Å². The van der Waals surface area contributed by atoms with Gasteiger partial charge in [-0.25, -0.2) is 9.13 Å². The molecule has 0 radical (unpaired) electrons. The zero-order valence-corrected chi connectivity index (χ0v) is 8.08. The summed E-state index contributed by atoms with van der Waals surface area (Å²) in [5, 5.41) is 0. The van der Waals surface area contributed by atoms with Crippen molar-refractivity contribution in [2.45, 2.75) is 6.92 Å². The number of nitrogens with zero attached hydrogens (tertiary/aromatic N) is 2. The van der Waals surface area contributed by atoms with Gasteiger partial charge in [0, 0.05) is 6.92 Å². The zero-order chi connectivity index (χ0) is 6.15. The zero-order valence-electron chi connectivity index (χ0n) is 5.93. The molecular formula is C6H11IN2. The van der Waals surface area contributed by atoms with Crippen LogP contribution in [0.2, 0.25) is 0 Å². The lowest BCUT2D eigenvalue weighted by Gasteiger charge is -1.78. The third-order valence-electron chi connectivity index (χ3n) is 1.30. The fourth-order valence-corrected chi connectivity index (χ4v) is 0.783. The molecule has 0 amide bonds. The van der Waals surface area contributed by atoms with Crippen molar-refractivity contribution in [3.63, 3.8) is 0 Å². The number of hydrogen-bond acceptors (Lipinski definition) is 0. The predicted molar refractivity (Wildman–Crippen MR) is 31.3 cm³/mol. The molecule has 0 unspecified atom stereocenters. The van der Waals surface area contributed by atoms with E-state index in [1.807, 2.05) is 25.0 Å². The van der Waals surface area contributed by atoms with Crippen LogP contribution >= 0.6 is 0 Å². The Bertz CT molecular complexity index is 173. The Balaban J connectivity index is 0.000000640. The van der Waals surface area contributed by atoms with Crippen molar-refractivity contribution < 1.29 is 28.5 Å². The van der Waals surface area contributed by atoms with E-state index in [1.54, 1.807) is 0 Å². The summed E-state index contributed by atoms with van der Waals surface area (Å²) in [5.74, 6) is 0. The molecule has 0 saturated heterocycles. The molecular weight excluding hydrogens is 227 g/mol. The van der Waals surface area contributed by atoms with Crippen molar-refractivity contribution in [2.24, 2.45) is 14.1 Å². The molecule has 9 heavy (non-hydrogen) atoms. The van der Waals surface area contributed by atoms with E-state index in [0.717, 1.165) is 0 Å². The maximum Gasteiger partial charge on any atom is 0.243 e. The van der Waals surface area contributed by atoms with Gasteiger partial charge < -0.3 is 24.0 Å². The van der Waals surface area contributed by atoms with Gasteiger partial charge in [-0.1, -0.05) is 0 Å².